The Hall–Kier alpha value is -2.38. The number of nitrogens with one attached hydrogen (secondary N) is 1. The van der Waals surface area contributed by atoms with E-state index in [1.165, 1.54) is 23.7 Å². The van der Waals surface area contributed by atoms with Gasteiger partial charge in [0.2, 0.25) is 5.91 Å². The Labute approximate surface area is 145 Å². The van der Waals surface area contributed by atoms with Crippen molar-refractivity contribution in [3.05, 3.63) is 27.2 Å². The molecule has 136 valence electrons. The lowest BCUT2D eigenvalue weighted by atomic mass is 10.1. The summed E-state index contributed by atoms with van der Waals surface area (Å²) in [5, 5.41) is 3.02. The zero-order chi connectivity index (χ0) is 18.1. The normalized spacial score (nSPS) is 17.4. The number of amides is 1. The summed E-state index contributed by atoms with van der Waals surface area (Å²) in [6.07, 6.45) is 7.98. The highest BCUT2D eigenvalue weighted by Crippen LogP contribution is 2.18. The molecule has 0 radical (unpaired) electrons. The molecule has 1 atom stereocenters. The summed E-state index contributed by atoms with van der Waals surface area (Å²) < 4.78 is 3.91. The molecule has 1 unspecified atom stereocenters. The van der Waals surface area contributed by atoms with Crippen LogP contribution in [0.3, 0.4) is 0 Å². The summed E-state index contributed by atoms with van der Waals surface area (Å²) in [5.41, 5.74) is -0.373. The highest BCUT2D eigenvalue weighted by molar-refractivity contribution is 5.80. The van der Waals surface area contributed by atoms with E-state index in [2.05, 4.69) is 10.3 Å². The predicted molar refractivity (Wildman–Crippen MR) is 94.6 cm³/mol. The van der Waals surface area contributed by atoms with Gasteiger partial charge < -0.3 is 9.88 Å². The molecule has 25 heavy (non-hydrogen) atoms. The Morgan fingerprint density at radius 1 is 1.20 bits per heavy atom. The fourth-order valence-corrected chi connectivity index (χ4v) is 3.57. The standard InChI is InChI=1S/C17H25N5O3/c1-11(15(23)19-12-8-6-4-5-7-9-12)22-16(24)13-14(18-10-20(13)2)21(3)17(22)25/h10-12H,4-9H2,1-3H3,(H,19,23). The molecule has 2 aromatic heterocycles. The first-order chi connectivity index (χ1) is 11.9. The molecule has 0 aromatic carbocycles. The number of carbonyl (C=O) groups is 1. The molecule has 1 saturated carbocycles. The van der Waals surface area contributed by atoms with Crippen molar-refractivity contribution in [2.45, 2.75) is 57.5 Å². The van der Waals surface area contributed by atoms with E-state index < -0.39 is 17.3 Å². The predicted octanol–water partition coefficient (Wildman–Crippen LogP) is 0.834. The zero-order valence-corrected chi connectivity index (χ0v) is 15.0. The molecular weight excluding hydrogens is 322 g/mol. The number of hydrogen-bond acceptors (Lipinski definition) is 4. The van der Waals surface area contributed by atoms with Crippen LogP contribution in [0.4, 0.5) is 0 Å². The second-order valence-corrected chi connectivity index (χ2v) is 6.92. The second-order valence-electron chi connectivity index (χ2n) is 6.92. The van der Waals surface area contributed by atoms with Crippen molar-refractivity contribution in [3.63, 3.8) is 0 Å². The SMILES string of the molecule is CC(C(=O)NC1CCCCCC1)n1c(=O)c2c(ncn2C)n(C)c1=O. The molecule has 1 fully saturated rings. The van der Waals surface area contributed by atoms with E-state index in [1.807, 2.05) is 0 Å². The fourth-order valence-electron chi connectivity index (χ4n) is 3.57. The highest BCUT2D eigenvalue weighted by atomic mass is 16.2. The van der Waals surface area contributed by atoms with E-state index in [0.717, 1.165) is 30.3 Å². The van der Waals surface area contributed by atoms with Gasteiger partial charge in [0.15, 0.2) is 11.2 Å². The lowest BCUT2D eigenvalue weighted by molar-refractivity contribution is -0.124. The van der Waals surface area contributed by atoms with E-state index in [1.54, 1.807) is 25.6 Å². The molecule has 1 aliphatic carbocycles. The van der Waals surface area contributed by atoms with Crippen molar-refractivity contribution in [3.8, 4) is 0 Å². The molecule has 8 heteroatoms. The first-order valence-corrected chi connectivity index (χ1v) is 8.84. The highest BCUT2D eigenvalue weighted by Gasteiger charge is 2.25. The quantitative estimate of drug-likeness (QED) is 0.833. The Kier molecular flexibility index (Phi) is 4.78. The average molecular weight is 347 g/mol. The van der Waals surface area contributed by atoms with Crippen LogP contribution in [0.1, 0.15) is 51.5 Å². The van der Waals surface area contributed by atoms with E-state index >= 15 is 0 Å². The first-order valence-electron chi connectivity index (χ1n) is 8.84. The van der Waals surface area contributed by atoms with Gasteiger partial charge in [0.05, 0.1) is 6.33 Å². The lowest BCUT2D eigenvalue weighted by Gasteiger charge is -2.20. The van der Waals surface area contributed by atoms with Gasteiger partial charge >= 0.3 is 5.69 Å². The minimum atomic E-state index is -0.867. The van der Waals surface area contributed by atoms with Gasteiger partial charge in [0.25, 0.3) is 5.56 Å². The minimum absolute atomic E-state index is 0.123. The molecule has 8 nitrogen and oxygen atoms in total. The smallest absolute Gasteiger partial charge is 0.333 e. The fraction of sp³-hybridized carbons (Fsp3) is 0.647. The van der Waals surface area contributed by atoms with Gasteiger partial charge in [-0.25, -0.2) is 14.3 Å². The van der Waals surface area contributed by atoms with E-state index in [9.17, 15) is 14.4 Å². The van der Waals surface area contributed by atoms with Crippen LogP contribution in [0.15, 0.2) is 15.9 Å². The molecule has 0 spiro atoms. The Balaban J connectivity index is 1.95. The maximum atomic E-state index is 12.8. The molecule has 1 N–H and O–H groups in total. The summed E-state index contributed by atoms with van der Waals surface area (Å²) >= 11 is 0. The van der Waals surface area contributed by atoms with Crippen LogP contribution in [-0.4, -0.2) is 30.6 Å². The summed E-state index contributed by atoms with van der Waals surface area (Å²) in [6, 6.07) is -0.744. The Morgan fingerprint density at radius 2 is 1.84 bits per heavy atom. The molecule has 3 rings (SSSR count). The molecule has 1 aliphatic rings. The second kappa shape index (κ2) is 6.85. The number of hydrogen-bond donors (Lipinski definition) is 1. The average Bonchev–Trinajstić information content (AvgIpc) is 2.79. The number of aromatic nitrogens is 4. The number of nitrogens with zero attached hydrogens (tertiary/aromatic N) is 4. The number of carbonyl (C=O) groups excluding carboxylic acids is 1. The number of rotatable bonds is 3. The van der Waals surface area contributed by atoms with E-state index in [-0.39, 0.29) is 11.9 Å². The Bertz CT molecular complexity index is 899. The zero-order valence-electron chi connectivity index (χ0n) is 15.0. The van der Waals surface area contributed by atoms with Crippen molar-refractivity contribution in [2.75, 3.05) is 0 Å². The van der Waals surface area contributed by atoms with Gasteiger partial charge in [0.1, 0.15) is 6.04 Å². The molecule has 2 heterocycles. The topological polar surface area (TPSA) is 90.9 Å². The molecule has 0 aliphatic heterocycles. The van der Waals surface area contributed by atoms with Crippen LogP contribution in [0.2, 0.25) is 0 Å². The summed E-state index contributed by atoms with van der Waals surface area (Å²) in [6.45, 7) is 1.59. The number of fused-ring (bicyclic) bond motifs is 1. The monoisotopic (exact) mass is 347 g/mol. The van der Waals surface area contributed by atoms with Gasteiger partial charge in [-0.05, 0) is 19.8 Å². The third-order valence-electron chi connectivity index (χ3n) is 5.12. The molecule has 0 bridgehead atoms. The van der Waals surface area contributed by atoms with Crippen molar-refractivity contribution < 1.29 is 4.79 Å². The van der Waals surface area contributed by atoms with Crippen LogP contribution < -0.4 is 16.6 Å². The summed E-state index contributed by atoms with van der Waals surface area (Å²) in [7, 11) is 3.26. The lowest BCUT2D eigenvalue weighted by Crippen LogP contribution is -2.47. The molecular formula is C17H25N5O3. The van der Waals surface area contributed by atoms with Crippen LogP contribution >= 0.6 is 0 Å². The van der Waals surface area contributed by atoms with Gasteiger partial charge in [-0.15, -0.1) is 0 Å². The van der Waals surface area contributed by atoms with Gasteiger partial charge in [-0.3, -0.25) is 14.2 Å². The van der Waals surface area contributed by atoms with Crippen LogP contribution in [0, 0.1) is 0 Å². The van der Waals surface area contributed by atoms with Crippen molar-refractivity contribution in [1.82, 2.24) is 24.0 Å². The van der Waals surface area contributed by atoms with Crippen molar-refractivity contribution >= 4 is 17.1 Å². The molecule has 0 saturated heterocycles. The van der Waals surface area contributed by atoms with Crippen molar-refractivity contribution in [2.24, 2.45) is 14.1 Å². The maximum absolute atomic E-state index is 12.8. The summed E-state index contributed by atoms with van der Waals surface area (Å²) in [5.74, 6) is -0.285. The minimum Gasteiger partial charge on any atom is -0.352 e. The Morgan fingerprint density at radius 3 is 2.48 bits per heavy atom. The third-order valence-corrected chi connectivity index (χ3v) is 5.12. The largest absolute Gasteiger partial charge is 0.352 e. The first kappa shape index (κ1) is 17.4. The van der Waals surface area contributed by atoms with Gasteiger partial charge in [-0.2, -0.15) is 0 Å². The molecule has 2 aromatic rings. The van der Waals surface area contributed by atoms with E-state index in [4.69, 9.17) is 0 Å². The van der Waals surface area contributed by atoms with Crippen LogP contribution in [-0.2, 0) is 18.9 Å². The maximum Gasteiger partial charge on any atom is 0.333 e. The van der Waals surface area contributed by atoms with Crippen LogP contribution in [0.25, 0.3) is 11.2 Å². The van der Waals surface area contributed by atoms with E-state index in [0.29, 0.717) is 11.2 Å². The summed E-state index contributed by atoms with van der Waals surface area (Å²) in [4.78, 5) is 42.1. The van der Waals surface area contributed by atoms with Gasteiger partial charge in [-0.1, -0.05) is 25.7 Å². The van der Waals surface area contributed by atoms with Crippen molar-refractivity contribution in [1.29, 1.82) is 0 Å². The van der Waals surface area contributed by atoms with Gasteiger partial charge in [0, 0.05) is 20.1 Å². The third kappa shape index (κ3) is 3.12. The number of aryl methyl sites for hydroxylation is 2. The molecule has 1 amide bonds. The van der Waals surface area contributed by atoms with Crippen LogP contribution in [0.5, 0.6) is 0 Å². The number of imidazole rings is 1.